The van der Waals surface area contributed by atoms with E-state index in [-0.39, 0.29) is 11.9 Å². The quantitative estimate of drug-likeness (QED) is 0.792. The van der Waals surface area contributed by atoms with Crippen LogP contribution in [0.1, 0.15) is 20.3 Å². The molecule has 0 saturated carbocycles. The smallest absolute Gasteiger partial charge is 0.246 e. The number of carbonyl (C=O) groups is 1. The molecule has 0 aliphatic carbocycles. The van der Waals surface area contributed by atoms with Crippen LogP contribution in [0.5, 0.6) is 0 Å². The van der Waals surface area contributed by atoms with Gasteiger partial charge in [-0.3, -0.25) is 9.69 Å². The van der Waals surface area contributed by atoms with Gasteiger partial charge in [-0.25, -0.2) is 0 Å². The molecule has 1 unspecified atom stereocenters. The van der Waals surface area contributed by atoms with Crippen molar-refractivity contribution in [3.8, 4) is 0 Å². The highest BCUT2D eigenvalue weighted by Gasteiger charge is 2.37. The normalized spacial score (nSPS) is 31.3. The minimum absolute atomic E-state index is 0.0819. The molecule has 0 aromatic heterocycles. The highest BCUT2D eigenvalue weighted by Crippen LogP contribution is 2.25. The number of hydrogen-bond donors (Lipinski definition) is 1. The molecule has 4 nitrogen and oxygen atoms in total. The van der Waals surface area contributed by atoms with Gasteiger partial charge in [-0.2, -0.15) is 0 Å². The maximum atomic E-state index is 12.2. The predicted octanol–water partition coefficient (Wildman–Crippen LogP) is 0.972. The van der Waals surface area contributed by atoms with Crippen LogP contribution in [0.3, 0.4) is 0 Å². The van der Waals surface area contributed by atoms with Gasteiger partial charge in [0.1, 0.15) is 6.04 Å². The number of amides is 1. The zero-order chi connectivity index (χ0) is 13.1. The average Bonchev–Trinajstić information content (AvgIpc) is 2.67. The van der Waals surface area contributed by atoms with Crippen molar-refractivity contribution in [3.05, 3.63) is 23.4 Å². The molecular weight excluding hydrogens is 226 g/mol. The molecule has 4 heteroatoms. The third kappa shape index (κ3) is 2.49. The molecule has 100 valence electrons. The molecule has 18 heavy (non-hydrogen) atoms. The molecule has 2 saturated heterocycles. The first-order valence-corrected chi connectivity index (χ1v) is 6.77. The largest absolute Gasteiger partial charge is 0.324 e. The molecule has 0 bridgehead atoms. The number of hydrogen-bond acceptors (Lipinski definition) is 3. The van der Waals surface area contributed by atoms with E-state index in [9.17, 15) is 4.79 Å². The van der Waals surface area contributed by atoms with Crippen molar-refractivity contribution >= 4 is 5.91 Å². The standard InChI is InChI=1S/C14H23N3O/c1-4-6-12-11(5-2)13(14(18)15-12)17-9-7-16(3)8-10-17/h5-6,13H,4,7-10H2,1-3H3,(H,15,18)/b11-5+,12-6+. The molecule has 0 aromatic rings. The Hall–Kier alpha value is -1.13. The van der Waals surface area contributed by atoms with E-state index in [1.165, 1.54) is 0 Å². The van der Waals surface area contributed by atoms with E-state index in [2.05, 4.69) is 41.2 Å². The summed E-state index contributed by atoms with van der Waals surface area (Å²) >= 11 is 0. The number of likely N-dealkylation sites (N-methyl/N-ethyl adjacent to an activating group) is 1. The number of rotatable bonds is 2. The number of allylic oxidation sites excluding steroid dienone is 2. The number of nitrogens with one attached hydrogen (secondary N) is 1. The summed E-state index contributed by atoms with van der Waals surface area (Å²) in [7, 11) is 2.13. The Bertz CT molecular complexity index is 379. The summed E-state index contributed by atoms with van der Waals surface area (Å²) in [5.74, 6) is 0.132. The van der Waals surface area contributed by atoms with Gasteiger partial charge in [0.15, 0.2) is 0 Å². The van der Waals surface area contributed by atoms with Crippen LogP contribution < -0.4 is 5.32 Å². The molecule has 1 atom stereocenters. The maximum absolute atomic E-state index is 12.2. The molecule has 2 aliphatic heterocycles. The molecule has 0 spiro atoms. The van der Waals surface area contributed by atoms with Crippen LogP contribution in [0.25, 0.3) is 0 Å². The van der Waals surface area contributed by atoms with Crippen molar-refractivity contribution < 1.29 is 4.79 Å². The van der Waals surface area contributed by atoms with Crippen LogP contribution >= 0.6 is 0 Å². The third-order valence-electron chi connectivity index (χ3n) is 3.73. The SMILES string of the molecule is C/C=C1\C(=C/CC)NC(=O)C1N1CCN(C)CC1. The van der Waals surface area contributed by atoms with Gasteiger partial charge in [0.25, 0.3) is 0 Å². The fraction of sp³-hybridized carbons (Fsp3) is 0.643. The third-order valence-corrected chi connectivity index (χ3v) is 3.73. The van der Waals surface area contributed by atoms with E-state index >= 15 is 0 Å². The van der Waals surface area contributed by atoms with Crippen LogP contribution in [0.15, 0.2) is 23.4 Å². The molecule has 1 amide bonds. The average molecular weight is 249 g/mol. The predicted molar refractivity (Wildman–Crippen MR) is 73.1 cm³/mol. The van der Waals surface area contributed by atoms with E-state index in [0.717, 1.165) is 43.9 Å². The van der Waals surface area contributed by atoms with Gasteiger partial charge >= 0.3 is 0 Å². The Balaban J connectivity index is 2.17. The molecular formula is C14H23N3O. The molecule has 0 aromatic carbocycles. The monoisotopic (exact) mass is 249 g/mol. The van der Waals surface area contributed by atoms with Gasteiger partial charge in [-0.1, -0.05) is 19.1 Å². The van der Waals surface area contributed by atoms with Gasteiger partial charge in [-0.15, -0.1) is 0 Å². The van der Waals surface area contributed by atoms with Crippen molar-refractivity contribution in [2.75, 3.05) is 33.2 Å². The summed E-state index contributed by atoms with van der Waals surface area (Å²) in [6, 6.07) is -0.0819. The zero-order valence-corrected chi connectivity index (χ0v) is 11.6. The maximum Gasteiger partial charge on any atom is 0.246 e. The van der Waals surface area contributed by atoms with Gasteiger partial charge < -0.3 is 10.2 Å². The first-order valence-electron chi connectivity index (χ1n) is 6.77. The second-order valence-corrected chi connectivity index (χ2v) is 5.00. The fourth-order valence-electron chi connectivity index (χ4n) is 2.69. The summed E-state index contributed by atoms with van der Waals surface area (Å²) in [5.41, 5.74) is 2.15. The fourth-order valence-corrected chi connectivity index (χ4v) is 2.69. The first-order chi connectivity index (χ1) is 8.67. The molecule has 2 aliphatic rings. The Morgan fingerprint density at radius 1 is 1.33 bits per heavy atom. The lowest BCUT2D eigenvalue weighted by molar-refractivity contribution is -0.123. The number of piperazine rings is 1. The lowest BCUT2D eigenvalue weighted by atomic mass is 10.0. The summed E-state index contributed by atoms with van der Waals surface area (Å²) in [4.78, 5) is 16.8. The number of nitrogens with zero attached hydrogens (tertiary/aromatic N) is 2. The summed E-state index contributed by atoms with van der Waals surface area (Å²) < 4.78 is 0. The van der Waals surface area contributed by atoms with E-state index in [4.69, 9.17) is 0 Å². The molecule has 2 fully saturated rings. The first kappa shape index (κ1) is 13.3. The summed E-state index contributed by atoms with van der Waals surface area (Å²) in [6.45, 7) is 8.11. The minimum atomic E-state index is -0.0819. The zero-order valence-electron chi connectivity index (χ0n) is 11.6. The van der Waals surface area contributed by atoms with E-state index in [1.807, 2.05) is 6.92 Å². The summed E-state index contributed by atoms with van der Waals surface area (Å²) in [5, 5.41) is 3.01. The second-order valence-electron chi connectivity index (χ2n) is 5.00. The highest BCUT2D eigenvalue weighted by atomic mass is 16.2. The summed E-state index contributed by atoms with van der Waals surface area (Å²) in [6.07, 6.45) is 5.12. The van der Waals surface area contributed by atoms with Crippen LogP contribution in [-0.4, -0.2) is 55.0 Å². The van der Waals surface area contributed by atoms with Gasteiger partial charge in [0.2, 0.25) is 5.91 Å². The molecule has 0 radical (unpaired) electrons. The van der Waals surface area contributed by atoms with Crippen molar-refractivity contribution in [2.45, 2.75) is 26.3 Å². The van der Waals surface area contributed by atoms with E-state index < -0.39 is 0 Å². The van der Waals surface area contributed by atoms with Crippen LogP contribution in [0.4, 0.5) is 0 Å². The lowest BCUT2D eigenvalue weighted by Crippen LogP contribution is -2.51. The van der Waals surface area contributed by atoms with Gasteiger partial charge in [0.05, 0.1) is 0 Å². The van der Waals surface area contributed by atoms with Gasteiger partial charge in [0, 0.05) is 31.9 Å². The minimum Gasteiger partial charge on any atom is -0.324 e. The highest BCUT2D eigenvalue weighted by molar-refractivity contribution is 5.93. The molecule has 1 N–H and O–H groups in total. The molecule has 2 heterocycles. The van der Waals surface area contributed by atoms with Crippen molar-refractivity contribution in [1.82, 2.24) is 15.1 Å². The second kappa shape index (κ2) is 5.67. The Morgan fingerprint density at radius 2 is 2.00 bits per heavy atom. The Kier molecular flexibility index (Phi) is 4.19. The van der Waals surface area contributed by atoms with Crippen LogP contribution in [0.2, 0.25) is 0 Å². The lowest BCUT2D eigenvalue weighted by Gasteiger charge is -2.35. The van der Waals surface area contributed by atoms with Crippen molar-refractivity contribution in [1.29, 1.82) is 0 Å². The van der Waals surface area contributed by atoms with E-state index in [1.54, 1.807) is 0 Å². The van der Waals surface area contributed by atoms with Gasteiger partial charge in [-0.05, 0) is 26.0 Å². The van der Waals surface area contributed by atoms with Crippen LogP contribution in [-0.2, 0) is 4.79 Å². The topological polar surface area (TPSA) is 35.6 Å². The number of carbonyl (C=O) groups excluding carboxylic acids is 1. The van der Waals surface area contributed by atoms with Crippen LogP contribution in [0, 0.1) is 0 Å². The van der Waals surface area contributed by atoms with Crippen molar-refractivity contribution in [3.63, 3.8) is 0 Å². The van der Waals surface area contributed by atoms with E-state index in [0.29, 0.717) is 0 Å². The van der Waals surface area contributed by atoms with Crippen molar-refractivity contribution in [2.24, 2.45) is 0 Å². The Morgan fingerprint density at radius 3 is 2.56 bits per heavy atom. The Labute approximate surface area is 109 Å². The molecule has 2 rings (SSSR count).